The van der Waals surface area contributed by atoms with Gasteiger partial charge in [0.1, 0.15) is 11.3 Å². The van der Waals surface area contributed by atoms with Crippen LogP contribution >= 0.6 is 11.6 Å². The standard InChI is InChI=1S/C20H17ClFN3O4S/c1-2-30(28,29)24-17-12-4-3-7-23-18(12)19(26)16-13(17)10-25(20(16)27)9-11-5-6-15(22)14(21)8-11/h3-8,24,26H,2,9-10H2,1H3. The molecule has 1 amide bonds. The van der Waals surface area contributed by atoms with Gasteiger partial charge in [-0.3, -0.25) is 14.5 Å². The molecule has 2 N–H and O–H groups in total. The number of sulfonamides is 1. The van der Waals surface area contributed by atoms with Gasteiger partial charge in [-0.15, -0.1) is 0 Å². The van der Waals surface area contributed by atoms with Crippen molar-refractivity contribution in [2.75, 3.05) is 10.5 Å². The number of nitrogens with one attached hydrogen (secondary N) is 1. The zero-order valence-electron chi connectivity index (χ0n) is 15.8. The minimum atomic E-state index is -3.65. The number of aromatic hydroxyl groups is 1. The maximum Gasteiger partial charge on any atom is 0.258 e. The summed E-state index contributed by atoms with van der Waals surface area (Å²) >= 11 is 5.83. The van der Waals surface area contributed by atoms with E-state index in [1.54, 1.807) is 12.1 Å². The van der Waals surface area contributed by atoms with Gasteiger partial charge in [0.05, 0.1) is 22.0 Å². The molecular weight excluding hydrogens is 433 g/mol. The molecule has 7 nitrogen and oxygen atoms in total. The SMILES string of the molecule is CCS(=O)(=O)Nc1c2c(c(O)c3ncccc13)C(=O)N(Cc1ccc(F)c(Cl)c1)C2. The van der Waals surface area contributed by atoms with Gasteiger partial charge in [0.2, 0.25) is 10.0 Å². The molecular formula is C20H17ClFN3O4S. The van der Waals surface area contributed by atoms with E-state index in [9.17, 15) is 22.7 Å². The van der Waals surface area contributed by atoms with Crippen LogP contribution in [0.5, 0.6) is 5.75 Å². The summed E-state index contributed by atoms with van der Waals surface area (Å²) < 4.78 is 40.5. The first-order valence-electron chi connectivity index (χ1n) is 9.08. The maximum absolute atomic E-state index is 13.4. The molecule has 2 aromatic carbocycles. The molecule has 1 aliphatic rings. The van der Waals surface area contributed by atoms with Crippen LogP contribution in [0.2, 0.25) is 5.02 Å². The lowest BCUT2D eigenvalue weighted by Crippen LogP contribution is -2.23. The van der Waals surface area contributed by atoms with Gasteiger partial charge in [-0.2, -0.15) is 0 Å². The molecule has 0 unspecified atom stereocenters. The molecule has 156 valence electrons. The van der Waals surface area contributed by atoms with Gasteiger partial charge in [-0.1, -0.05) is 17.7 Å². The number of carbonyl (C=O) groups excluding carboxylic acids is 1. The Morgan fingerprint density at radius 1 is 1.33 bits per heavy atom. The highest BCUT2D eigenvalue weighted by molar-refractivity contribution is 7.92. The molecule has 0 fully saturated rings. The fourth-order valence-electron chi connectivity index (χ4n) is 3.48. The second-order valence-corrected chi connectivity index (χ2v) is 9.31. The van der Waals surface area contributed by atoms with Crippen molar-refractivity contribution in [3.63, 3.8) is 0 Å². The van der Waals surface area contributed by atoms with E-state index >= 15 is 0 Å². The van der Waals surface area contributed by atoms with Gasteiger partial charge < -0.3 is 10.0 Å². The van der Waals surface area contributed by atoms with Crippen molar-refractivity contribution in [3.8, 4) is 5.75 Å². The number of phenols is 1. The van der Waals surface area contributed by atoms with Crippen LogP contribution < -0.4 is 4.72 Å². The molecule has 4 rings (SSSR count). The van der Waals surface area contributed by atoms with Crippen molar-refractivity contribution in [3.05, 3.63) is 64.1 Å². The lowest BCUT2D eigenvalue weighted by Gasteiger charge is -2.16. The Morgan fingerprint density at radius 3 is 2.80 bits per heavy atom. The van der Waals surface area contributed by atoms with Crippen molar-refractivity contribution in [2.24, 2.45) is 0 Å². The zero-order chi connectivity index (χ0) is 21.6. The second-order valence-electron chi connectivity index (χ2n) is 6.89. The molecule has 0 saturated heterocycles. The first-order chi connectivity index (χ1) is 14.2. The van der Waals surface area contributed by atoms with Crippen molar-refractivity contribution in [1.82, 2.24) is 9.88 Å². The average Bonchev–Trinajstić information content (AvgIpc) is 3.04. The quantitative estimate of drug-likeness (QED) is 0.579. The minimum absolute atomic E-state index is 0.00297. The Labute approximate surface area is 177 Å². The van der Waals surface area contributed by atoms with E-state index in [2.05, 4.69) is 9.71 Å². The lowest BCUT2D eigenvalue weighted by atomic mass is 10.0. The summed E-state index contributed by atoms with van der Waals surface area (Å²) in [4.78, 5) is 18.6. The van der Waals surface area contributed by atoms with E-state index in [0.717, 1.165) is 0 Å². The number of anilines is 1. The van der Waals surface area contributed by atoms with Crippen molar-refractivity contribution >= 4 is 44.1 Å². The molecule has 3 aromatic rings. The summed E-state index contributed by atoms with van der Waals surface area (Å²) in [5, 5.41) is 11.1. The van der Waals surface area contributed by atoms with E-state index in [1.807, 2.05) is 0 Å². The molecule has 30 heavy (non-hydrogen) atoms. The van der Waals surface area contributed by atoms with Crippen molar-refractivity contribution in [1.29, 1.82) is 0 Å². The summed E-state index contributed by atoms with van der Waals surface area (Å²) in [6, 6.07) is 7.39. The third-order valence-corrected chi connectivity index (χ3v) is 6.55. The van der Waals surface area contributed by atoms with Gasteiger partial charge in [0, 0.05) is 30.2 Å². The summed E-state index contributed by atoms with van der Waals surface area (Å²) in [7, 11) is -3.65. The summed E-state index contributed by atoms with van der Waals surface area (Å²) in [5.41, 5.74) is 1.32. The van der Waals surface area contributed by atoms with E-state index in [-0.39, 0.29) is 46.4 Å². The fraction of sp³-hybridized carbons (Fsp3) is 0.200. The highest BCUT2D eigenvalue weighted by Gasteiger charge is 2.35. The van der Waals surface area contributed by atoms with E-state index in [4.69, 9.17) is 11.6 Å². The minimum Gasteiger partial charge on any atom is -0.505 e. The summed E-state index contributed by atoms with van der Waals surface area (Å²) in [6.07, 6.45) is 1.45. The Bertz CT molecular complexity index is 1300. The molecule has 2 heterocycles. The van der Waals surface area contributed by atoms with Crippen molar-refractivity contribution < 1.29 is 22.7 Å². The highest BCUT2D eigenvalue weighted by atomic mass is 35.5. The number of hydrogen-bond donors (Lipinski definition) is 2. The Hall–Kier alpha value is -2.91. The van der Waals surface area contributed by atoms with Crippen LogP contribution in [0.15, 0.2) is 36.5 Å². The predicted molar refractivity (Wildman–Crippen MR) is 111 cm³/mol. The third-order valence-electron chi connectivity index (χ3n) is 4.99. The highest BCUT2D eigenvalue weighted by Crippen LogP contribution is 2.43. The number of amides is 1. The Balaban J connectivity index is 1.83. The molecule has 0 spiro atoms. The first-order valence-corrected chi connectivity index (χ1v) is 11.1. The maximum atomic E-state index is 13.4. The molecule has 0 saturated carbocycles. The molecule has 0 radical (unpaired) electrons. The largest absolute Gasteiger partial charge is 0.505 e. The van der Waals surface area contributed by atoms with Crippen LogP contribution in [0.4, 0.5) is 10.1 Å². The topological polar surface area (TPSA) is 99.6 Å². The number of aromatic nitrogens is 1. The number of pyridine rings is 1. The van der Waals surface area contributed by atoms with Crippen LogP contribution in [0.25, 0.3) is 10.9 Å². The van der Waals surface area contributed by atoms with E-state index in [1.165, 1.54) is 36.2 Å². The number of rotatable bonds is 5. The zero-order valence-corrected chi connectivity index (χ0v) is 17.4. The number of fused-ring (bicyclic) bond motifs is 2. The average molecular weight is 450 g/mol. The van der Waals surface area contributed by atoms with Gasteiger partial charge >= 0.3 is 0 Å². The normalized spacial score (nSPS) is 13.7. The number of hydrogen-bond acceptors (Lipinski definition) is 5. The van der Waals surface area contributed by atoms with Crippen LogP contribution in [-0.2, 0) is 23.1 Å². The Morgan fingerprint density at radius 2 is 2.10 bits per heavy atom. The van der Waals surface area contributed by atoms with Crippen LogP contribution in [0.1, 0.15) is 28.4 Å². The van der Waals surface area contributed by atoms with Crippen LogP contribution in [0.3, 0.4) is 0 Å². The molecule has 0 bridgehead atoms. The summed E-state index contributed by atoms with van der Waals surface area (Å²) in [5.74, 6) is -1.50. The first kappa shape index (κ1) is 20.4. The number of nitrogens with zero attached hydrogens (tertiary/aromatic N) is 2. The van der Waals surface area contributed by atoms with Gasteiger partial charge in [-0.25, -0.2) is 12.8 Å². The van der Waals surface area contributed by atoms with Gasteiger partial charge in [-0.05, 0) is 36.8 Å². The summed E-state index contributed by atoms with van der Waals surface area (Å²) in [6.45, 7) is 1.67. The monoisotopic (exact) mass is 449 g/mol. The van der Waals surface area contributed by atoms with Crippen LogP contribution in [-0.4, -0.2) is 35.1 Å². The number of phenolic OH excluding ortho intramolecular Hbond substituents is 1. The van der Waals surface area contributed by atoms with Crippen molar-refractivity contribution in [2.45, 2.75) is 20.0 Å². The number of benzene rings is 2. The third kappa shape index (κ3) is 3.44. The van der Waals surface area contributed by atoms with Gasteiger partial charge in [0.15, 0.2) is 5.75 Å². The van der Waals surface area contributed by atoms with Gasteiger partial charge in [0.25, 0.3) is 5.91 Å². The van der Waals surface area contributed by atoms with E-state index in [0.29, 0.717) is 16.5 Å². The predicted octanol–water partition coefficient (Wildman–Crippen LogP) is 3.65. The number of halogens is 2. The lowest BCUT2D eigenvalue weighted by molar-refractivity contribution is 0.0764. The van der Waals surface area contributed by atoms with Crippen LogP contribution in [0, 0.1) is 5.82 Å². The van der Waals surface area contributed by atoms with E-state index < -0.39 is 21.7 Å². The fourth-order valence-corrected chi connectivity index (χ4v) is 4.38. The molecule has 0 aliphatic carbocycles. The smallest absolute Gasteiger partial charge is 0.258 e. The molecule has 1 aromatic heterocycles. The second kappa shape index (κ2) is 7.41. The molecule has 1 aliphatic heterocycles. The number of carbonyl (C=O) groups is 1. The molecule has 0 atom stereocenters. The molecule has 10 heteroatoms. The Kier molecular flexibility index (Phi) is 5.03.